The van der Waals surface area contributed by atoms with E-state index in [0.717, 1.165) is 16.2 Å². The lowest BCUT2D eigenvalue weighted by Crippen LogP contribution is -2.36. The van der Waals surface area contributed by atoms with Crippen molar-refractivity contribution in [3.05, 3.63) is 51.7 Å². The normalized spacial score (nSPS) is 10.3. The van der Waals surface area contributed by atoms with E-state index < -0.39 is 0 Å². The summed E-state index contributed by atoms with van der Waals surface area (Å²) in [6.07, 6.45) is 0. The quantitative estimate of drug-likeness (QED) is 0.670. The van der Waals surface area contributed by atoms with E-state index in [1.807, 2.05) is 37.3 Å². The van der Waals surface area contributed by atoms with Crippen LogP contribution in [0.2, 0.25) is 0 Å². The first-order valence-electron chi connectivity index (χ1n) is 7.90. The molecule has 0 aliphatic rings. The Hall–Kier alpha value is -2.38. The lowest BCUT2D eigenvalue weighted by atomic mass is 10.2. The van der Waals surface area contributed by atoms with Crippen molar-refractivity contribution < 1.29 is 19.1 Å². The Kier molecular flexibility index (Phi) is 7.43. The van der Waals surface area contributed by atoms with E-state index in [2.05, 4.69) is 10.6 Å². The summed E-state index contributed by atoms with van der Waals surface area (Å²) in [5.41, 5.74) is 0.920. The highest BCUT2D eigenvalue weighted by Crippen LogP contribution is 2.14. The van der Waals surface area contributed by atoms with Crippen molar-refractivity contribution in [2.75, 3.05) is 26.9 Å². The van der Waals surface area contributed by atoms with Gasteiger partial charge in [0.2, 0.25) is 5.91 Å². The van der Waals surface area contributed by atoms with E-state index in [1.54, 1.807) is 13.2 Å². The smallest absolute Gasteiger partial charge is 0.261 e. The van der Waals surface area contributed by atoms with Crippen LogP contribution in [-0.2, 0) is 16.1 Å². The number of benzene rings is 1. The van der Waals surface area contributed by atoms with Crippen LogP contribution in [0.3, 0.4) is 0 Å². The number of nitrogens with one attached hydrogen (secondary N) is 2. The second-order valence-corrected chi connectivity index (χ2v) is 6.65. The second kappa shape index (κ2) is 9.80. The van der Waals surface area contributed by atoms with Crippen molar-refractivity contribution in [2.24, 2.45) is 0 Å². The number of ether oxygens (including phenoxy) is 2. The minimum absolute atomic E-state index is 0.0557. The van der Waals surface area contributed by atoms with Gasteiger partial charge >= 0.3 is 0 Å². The second-order valence-electron chi connectivity index (χ2n) is 5.36. The maximum absolute atomic E-state index is 11.9. The van der Waals surface area contributed by atoms with Crippen molar-refractivity contribution >= 4 is 23.2 Å². The lowest BCUT2D eigenvalue weighted by Gasteiger charge is -2.09. The number of methoxy groups -OCH3 is 1. The monoisotopic (exact) mass is 362 g/mol. The Balaban J connectivity index is 1.74. The molecular weight excluding hydrogens is 340 g/mol. The van der Waals surface area contributed by atoms with Crippen LogP contribution in [0.15, 0.2) is 36.4 Å². The fourth-order valence-corrected chi connectivity index (χ4v) is 2.84. The SMILES string of the molecule is COCCOc1cccc(CNC(=O)CNC(=O)c2ccc(C)s2)c1. The zero-order valence-electron chi connectivity index (χ0n) is 14.3. The third-order valence-electron chi connectivity index (χ3n) is 3.32. The van der Waals surface area contributed by atoms with Gasteiger partial charge in [-0.2, -0.15) is 0 Å². The topological polar surface area (TPSA) is 76.7 Å². The van der Waals surface area contributed by atoms with Crippen LogP contribution in [0.4, 0.5) is 0 Å². The molecule has 0 fully saturated rings. The maximum atomic E-state index is 11.9. The summed E-state index contributed by atoms with van der Waals surface area (Å²) in [5.74, 6) is 0.249. The number of hydrogen-bond acceptors (Lipinski definition) is 5. The molecule has 0 radical (unpaired) electrons. The van der Waals surface area contributed by atoms with E-state index in [1.165, 1.54) is 11.3 Å². The molecule has 1 aromatic heterocycles. The van der Waals surface area contributed by atoms with Gasteiger partial charge in [0.1, 0.15) is 12.4 Å². The molecule has 6 nitrogen and oxygen atoms in total. The van der Waals surface area contributed by atoms with E-state index in [0.29, 0.717) is 24.6 Å². The highest BCUT2D eigenvalue weighted by Gasteiger charge is 2.09. The predicted molar refractivity (Wildman–Crippen MR) is 97.0 cm³/mol. The molecule has 0 saturated heterocycles. The van der Waals surface area contributed by atoms with Gasteiger partial charge < -0.3 is 20.1 Å². The Morgan fingerprint density at radius 1 is 1.12 bits per heavy atom. The molecule has 2 aromatic rings. The van der Waals surface area contributed by atoms with Crippen LogP contribution in [0, 0.1) is 6.92 Å². The molecule has 2 amide bonds. The Bertz CT molecular complexity index is 715. The number of aryl methyl sites for hydroxylation is 1. The van der Waals surface area contributed by atoms with Gasteiger partial charge in [-0.25, -0.2) is 0 Å². The van der Waals surface area contributed by atoms with Gasteiger partial charge in [0.25, 0.3) is 5.91 Å². The van der Waals surface area contributed by atoms with Gasteiger partial charge in [0, 0.05) is 18.5 Å². The summed E-state index contributed by atoms with van der Waals surface area (Å²) >= 11 is 1.40. The highest BCUT2D eigenvalue weighted by atomic mass is 32.1. The van der Waals surface area contributed by atoms with Crippen LogP contribution in [0.5, 0.6) is 5.75 Å². The van der Waals surface area contributed by atoms with Gasteiger partial charge in [-0.1, -0.05) is 12.1 Å². The number of carbonyl (C=O) groups excluding carboxylic acids is 2. The molecular formula is C18H22N2O4S. The molecule has 2 rings (SSSR count). The van der Waals surface area contributed by atoms with Crippen LogP contribution < -0.4 is 15.4 Å². The van der Waals surface area contributed by atoms with E-state index >= 15 is 0 Å². The van der Waals surface area contributed by atoms with Crippen LogP contribution >= 0.6 is 11.3 Å². The molecule has 0 bridgehead atoms. The summed E-state index contributed by atoms with van der Waals surface area (Å²) in [6, 6.07) is 11.1. The molecule has 7 heteroatoms. The fourth-order valence-electron chi connectivity index (χ4n) is 2.06. The number of carbonyl (C=O) groups is 2. The van der Waals surface area contributed by atoms with Gasteiger partial charge in [-0.3, -0.25) is 9.59 Å². The van der Waals surface area contributed by atoms with Crippen LogP contribution in [-0.4, -0.2) is 38.7 Å². The molecule has 0 saturated carbocycles. The highest BCUT2D eigenvalue weighted by molar-refractivity contribution is 7.13. The largest absolute Gasteiger partial charge is 0.491 e. The van der Waals surface area contributed by atoms with Crippen molar-refractivity contribution in [1.29, 1.82) is 0 Å². The van der Waals surface area contributed by atoms with Gasteiger partial charge in [0.15, 0.2) is 0 Å². The number of rotatable bonds is 9. The molecule has 134 valence electrons. The minimum Gasteiger partial charge on any atom is -0.491 e. The predicted octanol–water partition coefficient (Wildman–Crippen LogP) is 2.13. The summed E-state index contributed by atoms with van der Waals surface area (Å²) < 4.78 is 10.5. The Morgan fingerprint density at radius 2 is 1.96 bits per heavy atom. The molecule has 0 unspecified atom stereocenters. The standard InChI is InChI=1S/C18H22N2O4S/c1-13-6-7-16(25-13)18(22)20-12-17(21)19-11-14-4-3-5-15(10-14)24-9-8-23-2/h3-7,10H,8-9,11-12H2,1-2H3,(H,19,21)(H,20,22). The van der Waals surface area contributed by atoms with Gasteiger partial charge in [0.05, 0.1) is 18.0 Å². The minimum atomic E-state index is -0.243. The lowest BCUT2D eigenvalue weighted by molar-refractivity contribution is -0.120. The first-order chi connectivity index (χ1) is 12.1. The molecule has 0 aliphatic heterocycles. The number of thiophene rings is 1. The van der Waals surface area contributed by atoms with Crippen molar-refractivity contribution in [2.45, 2.75) is 13.5 Å². The first-order valence-corrected chi connectivity index (χ1v) is 8.72. The number of amides is 2. The average Bonchev–Trinajstić information content (AvgIpc) is 3.05. The zero-order valence-corrected chi connectivity index (χ0v) is 15.2. The van der Waals surface area contributed by atoms with Crippen LogP contribution in [0.25, 0.3) is 0 Å². The molecule has 0 aliphatic carbocycles. The fraction of sp³-hybridized carbons (Fsp3) is 0.333. The average molecular weight is 362 g/mol. The first kappa shape index (κ1) is 19.0. The maximum Gasteiger partial charge on any atom is 0.261 e. The van der Waals surface area contributed by atoms with E-state index in [9.17, 15) is 9.59 Å². The molecule has 2 N–H and O–H groups in total. The Labute approximate surface area is 151 Å². The summed E-state index contributed by atoms with van der Waals surface area (Å²) in [7, 11) is 1.62. The van der Waals surface area contributed by atoms with Crippen molar-refractivity contribution in [3.63, 3.8) is 0 Å². The third-order valence-corrected chi connectivity index (χ3v) is 4.32. The van der Waals surface area contributed by atoms with Crippen molar-refractivity contribution in [1.82, 2.24) is 10.6 Å². The zero-order chi connectivity index (χ0) is 18.1. The van der Waals surface area contributed by atoms with Crippen LogP contribution in [0.1, 0.15) is 20.1 Å². The Morgan fingerprint density at radius 3 is 2.68 bits per heavy atom. The number of hydrogen-bond donors (Lipinski definition) is 2. The molecule has 1 heterocycles. The van der Waals surface area contributed by atoms with Crippen molar-refractivity contribution in [3.8, 4) is 5.75 Å². The molecule has 0 spiro atoms. The molecule has 25 heavy (non-hydrogen) atoms. The molecule has 0 atom stereocenters. The third kappa shape index (κ3) is 6.56. The van der Waals surface area contributed by atoms with E-state index in [4.69, 9.17) is 9.47 Å². The summed E-state index contributed by atoms with van der Waals surface area (Å²) in [6.45, 7) is 3.24. The van der Waals surface area contributed by atoms with Gasteiger partial charge in [-0.05, 0) is 36.8 Å². The van der Waals surface area contributed by atoms with E-state index in [-0.39, 0.29) is 18.4 Å². The molecule has 1 aromatic carbocycles. The summed E-state index contributed by atoms with van der Waals surface area (Å²) in [4.78, 5) is 25.4. The van der Waals surface area contributed by atoms with Gasteiger partial charge in [-0.15, -0.1) is 11.3 Å². The summed E-state index contributed by atoms with van der Waals surface area (Å²) in [5, 5.41) is 5.39.